The Morgan fingerprint density at radius 3 is 2.44 bits per heavy atom. The molecule has 0 aliphatic heterocycles. The standard InChI is InChI=1S/C26H34N4O2/c1-3-5-16-30(26(32)27-4-2)20-25(31)29(19-21-11-7-6-8-12-21)17-15-22-18-28-24-14-10-9-13-23(22)24/h6-14,18,28H,3-5,15-17,19-20H2,1-2H3,(H,27,32). The molecule has 0 atom stereocenters. The molecule has 6 nitrogen and oxygen atoms in total. The van der Waals surface area contributed by atoms with Crippen molar-refractivity contribution in [2.45, 2.75) is 39.7 Å². The van der Waals surface area contributed by atoms with Crippen LogP contribution in [0.1, 0.15) is 37.8 Å². The number of nitrogens with zero attached hydrogens (tertiary/aromatic N) is 2. The Kier molecular flexibility index (Phi) is 8.72. The highest BCUT2D eigenvalue weighted by Crippen LogP contribution is 2.19. The summed E-state index contributed by atoms with van der Waals surface area (Å²) in [5, 5.41) is 4.02. The van der Waals surface area contributed by atoms with Gasteiger partial charge in [0.2, 0.25) is 5.91 Å². The van der Waals surface area contributed by atoms with E-state index in [1.54, 1.807) is 4.90 Å². The van der Waals surface area contributed by atoms with E-state index in [1.165, 1.54) is 10.9 Å². The molecule has 2 N–H and O–H groups in total. The number of carbonyl (C=O) groups excluding carboxylic acids is 2. The second-order valence-corrected chi connectivity index (χ2v) is 8.02. The van der Waals surface area contributed by atoms with Crippen LogP contribution in [0.5, 0.6) is 0 Å². The van der Waals surface area contributed by atoms with Gasteiger partial charge in [0, 0.05) is 43.3 Å². The molecule has 0 unspecified atom stereocenters. The molecule has 3 aromatic rings. The lowest BCUT2D eigenvalue weighted by Crippen LogP contribution is -2.47. The van der Waals surface area contributed by atoms with Gasteiger partial charge in [-0.25, -0.2) is 4.79 Å². The van der Waals surface area contributed by atoms with Crippen LogP contribution in [0.4, 0.5) is 4.79 Å². The lowest BCUT2D eigenvalue weighted by atomic mass is 10.1. The van der Waals surface area contributed by atoms with Crippen molar-refractivity contribution < 1.29 is 9.59 Å². The molecule has 0 radical (unpaired) electrons. The maximum Gasteiger partial charge on any atom is 0.317 e. The van der Waals surface area contributed by atoms with Gasteiger partial charge in [-0.15, -0.1) is 0 Å². The highest BCUT2D eigenvalue weighted by molar-refractivity contribution is 5.85. The molecular weight excluding hydrogens is 400 g/mol. The van der Waals surface area contributed by atoms with Crippen LogP contribution >= 0.6 is 0 Å². The topological polar surface area (TPSA) is 68.4 Å². The maximum atomic E-state index is 13.3. The molecule has 0 saturated carbocycles. The summed E-state index contributed by atoms with van der Waals surface area (Å²) in [5.74, 6) is -0.0314. The van der Waals surface area contributed by atoms with Crippen molar-refractivity contribution in [2.75, 3.05) is 26.2 Å². The highest BCUT2D eigenvalue weighted by atomic mass is 16.2. The van der Waals surface area contributed by atoms with E-state index in [2.05, 4.69) is 29.4 Å². The van der Waals surface area contributed by atoms with E-state index in [4.69, 9.17) is 0 Å². The smallest absolute Gasteiger partial charge is 0.317 e. The Morgan fingerprint density at radius 2 is 1.69 bits per heavy atom. The average Bonchev–Trinajstić information content (AvgIpc) is 3.23. The fourth-order valence-corrected chi connectivity index (χ4v) is 3.82. The second kappa shape index (κ2) is 11.9. The Hall–Kier alpha value is -3.28. The minimum Gasteiger partial charge on any atom is -0.361 e. The van der Waals surface area contributed by atoms with Crippen LogP contribution in [0, 0.1) is 0 Å². The number of para-hydroxylation sites is 1. The summed E-state index contributed by atoms with van der Waals surface area (Å²) in [6.07, 6.45) is 4.62. The van der Waals surface area contributed by atoms with Crippen LogP contribution in [0.25, 0.3) is 10.9 Å². The number of carbonyl (C=O) groups is 2. The summed E-state index contributed by atoms with van der Waals surface area (Å²) in [5.41, 5.74) is 3.38. The first-order chi connectivity index (χ1) is 15.6. The number of amides is 3. The van der Waals surface area contributed by atoms with Crippen LogP contribution in [0.3, 0.4) is 0 Å². The highest BCUT2D eigenvalue weighted by Gasteiger charge is 2.21. The normalized spacial score (nSPS) is 10.8. The summed E-state index contributed by atoms with van der Waals surface area (Å²) in [7, 11) is 0. The predicted octanol–water partition coefficient (Wildman–Crippen LogP) is 4.57. The SMILES string of the molecule is CCCCN(CC(=O)N(CCc1c[nH]c2ccccc12)Cc1ccccc1)C(=O)NCC. The molecular formula is C26H34N4O2. The zero-order valence-corrected chi connectivity index (χ0v) is 19.1. The number of hydrogen-bond acceptors (Lipinski definition) is 2. The van der Waals surface area contributed by atoms with E-state index in [0.29, 0.717) is 26.2 Å². The summed E-state index contributed by atoms with van der Waals surface area (Å²) in [6.45, 7) is 6.30. The van der Waals surface area contributed by atoms with Gasteiger partial charge in [-0.3, -0.25) is 4.79 Å². The van der Waals surface area contributed by atoms with Crippen LogP contribution in [-0.2, 0) is 17.8 Å². The van der Waals surface area contributed by atoms with Crippen LogP contribution < -0.4 is 5.32 Å². The number of benzene rings is 2. The van der Waals surface area contributed by atoms with E-state index in [-0.39, 0.29) is 18.5 Å². The first kappa shape index (κ1) is 23.4. The van der Waals surface area contributed by atoms with E-state index in [1.807, 2.05) is 60.5 Å². The number of nitrogens with one attached hydrogen (secondary N) is 2. The third-order valence-electron chi connectivity index (χ3n) is 5.62. The molecule has 0 saturated heterocycles. The number of aromatic amines is 1. The Balaban J connectivity index is 1.74. The molecule has 3 amide bonds. The summed E-state index contributed by atoms with van der Waals surface area (Å²) in [6, 6.07) is 18.0. The van der Waals surface area contributed by atoms with Crippen molar-refractivity contribution in [3.8, 4) is 0 Å². The molecule has 3 rings (SSSR count). The van der Waals surface area contributed by atoms with Gasteiger partial charge in [-0.2, -0.15) is 0 Å². The molecule has 1 aromatic heterocycles. The van der Waals surface area contributed by atoms with Gasteiger partial charge in [0.05, 0.1) is 0 Å². The number of urea groups is 1. The van der Waals surface area contributed by atoms with Crippen molar-refractivity contribution in [3.63, 3.8) is 0 Å². The summed E-state index contributed by atoms with van der Waals surface area (Å²) in [4.78, 5) is 32.7. The van der Waals surface area contributed by atoms with Crippen LogP contribution in [0.2, 0.25) is 0 Å². The summed E-state index contributed by atoms with van der Waals surface area (Å²) < 4.78 is 0. The predicted molar refractivity (Wildman–Crippen MR) is 129 cm³/mol. The first-order valence-corrected chi connectivity index (χ1v) is 11.5. The Bertz CT molecular complexity index is 999. The molecule has 6 heteroatoms. The molecule has 0 aliphatic carbocycles. The number of H-pyrrole nitrogens is 1. The molecule has 2 aromatic carbocycles. The molecule has 0 bridgehead atoms. The molecule has 32 heavy (non-hydrogen) atoms. The zero-order chi connectivity index (χ0) is 22.8. The minimum absolute atomic E-state index is 0.0314. The van der Waals surface area contributed by atoms with Crippen molar-refractivity contribution in [3.05, 3.63) is 71.9 Å². The van der Waals surface area contributed by atoms with E-state index >= 15 is 0 Å². The van der Waals surface area contributed by atoms with Gasteiger partial charge >= 0.3 is 6.03 Å². The number of unbranched alkanes of at least 4 members (excludes halogenated alkanes) is 1. The number of hydrogen-bond donors (Lipinski definition) is 2. The fraction of sp³-hybridized carbons (Fsp3) is 0.385. The van der Waals surface area contributed by atoms with Crippen molar-refractivity contribution in [1.29, 1.82) is 0 Å². The Labute approximate surface area is 190 Å². The van der Waals surface area contributed by atoms with Crippen LogP contribution in [-0.4, -0.2) is 52.9 Å². The molecule has 0 spiro atoms. The number of rotatable bonds is 11. The molecule has 0 fully saturated rings. The second-order valence-electron chi connectivity index (χ2n) is 8.02. The number of fused-ring (bicyclic) bond motifs is 1. The quantitative estimate of drug-likeness (QED) is 0.464. The lowest BCUT2D eigenvalue weighted by molar-refractivity contribution is -0.132. The lowest BCUT2D eigenvalue weighted by Gasteiger charge is -2.28. The Morgan fingerprint density at radius 1 is 0.938 bits per heavy atom. The van der Waals surface area contributed by atoms with Gasteiger partial charge in [-0.05, 0) is 37.0 Å². The van der Waals surface area contributed by atoms with Gasteiger partial charge in [0.1, 0.15) is 6.54 Å². The molecule has 0 aliphatic rings. The third kappa shape index (κ3) is 6.36. The minimum atomic E-state index is -0.175. The van der Waals surface area contributed by atoms with Crippen LogP contribution in [0.15, 0.2) is 60.8 Å². The summed E-state index contributed by atoms with van der Waals surface area (Å²) >= 11 is 0. The average molecular weight is 435 g/mol. The van der Waals surface area contributed by atoms with Crippen molar-refractivity contribution >= 4 is 22.8 Å². The van der Waals surface area contributed by atoms with E-state index in [0.717, 1.165) is 30.3 Å². The maximum absolute atomic E-state index is 13.3. The van der Waals surface area contributed by atoms with Gasteiger partial charge < -0.3 is 20.1 Å². The number of aromatic nitrogens is 1. The van der Waals surface area contributed by atoms with Crippen molar-refractivity contribution in [1.82, 2.24) is 20.1 Å². The fourth-order valence-electron chi connectivity index (χ4n) is 3.82. The monoisotopic (exact) mass is 434 g/mol. The molecule has 170 valence electrons. The van der Waals surface area contributed by atoms with Gasteiger partial charge in [0.25, 0.3) is 0 Å². The van der Waals surface area contributed by atoms with Crippen molar-refractivity contribution in [2.24, 2.45) is 0 Å². The largest absolute Gasteiger partial charge is 0.361 e. The van der Waals surface area contributed by atoms with Gasteiger partial charge in [-0.1, -0.05) is 61.9 Å². The van der Waals surface area contributed by atoms with Gasteiger partial charge in [0.15, 0.2) is 0 Å². The van der Waals surface area contributed by atoms with E-state index in [9.17, 15) is 9.59 Å². The zero-order valence-electron chi connectivity index (χ0n) is 19.1. The first-order valence-electron chi connectivity index (χ1n) is 11.5. The van der Waals surface area contributed by atoms with E-state index < -0.39 is 0 Å². The third-order valence-corrected chi connectivity index (χ3v) is 5.62. The molecule has 1 heterocycles.